The standard InChI is InChI=1S/C8H15F2NOS/c1-6(12-13)7-5-8(9,10)3-4-11(7)2/h6-7,13H,3-5H2,1-2H3/t6-,7-/m0/s1. The minimum atomic E-state index is -2.54. The van der Waals surface area contributed by atoms with Crippen molar-refractivity contribution in [1.29, 1.82) is 0 Å². The monoisotopic (exact) mass is 211 g/mol. The number of halogens is 2. The second kappa shape index (κ2) is 4.11. The van der Waals surface area contributed by atoms with Crippen LogP contribution in [0.15, 0.2) is 0 Å². The van der Waals surface area contributed by atoms with Gasteiger partial charge in [0.25, 0.3) is 5.92 Å². The second-order valence-electron chi connectivity index (χ2n) is 3.67. The van der Waals surface area contributed by atoms with Gasteiger partial charge in [-0.25, -0.2) is 8.78 Å². The molecule has 1 aliphatic rings. The molecule has 0 bridgehead atoms. The molecule has 0 unspecified atom stereocenters. The van der Waals surface area contributed by atoms with Crippen molar-refractivity contribution in [1.82, 2.24) is 4.90 Å². The number of likely N-dealkylation sites (tertiary alicyclic amines) is 1. The third-order valence-electron chi connectivity index (χ3n) is 2.61. The molecule has 0 amide bonds. The van der Waals surface area contributed by atoms with Crippen molar-refractivity contribution in [2.75, 3.05) is 13.6 Å². The van der Waals surface area contributed by atoms with Crippen LogP contribution in [0.1, 0.15) is 19.8 Å². The second-order valence-corrected chi connectivity index (χ2v) is 3.88. The summed E-state index contributed by atoms with van der Waals surface area (Å²) in [5.41, 5.74) is 0. The molecule has 13 heavy (non-hydrogen) atoms. The van der Waals surface area contributed by atoms with E-state index < -0.39 is 5.92 Å². The Morgan fingerprint density at radius 2 is 2.23 bits per heavy atom. The molecule has 1 heterocycles. The Morgan fingerprint density at radius 3 is 2.77 bits per heavy atom. The number of thiol groups is 1. The van der Waals surface area contributed by atoms with Crippen molar-refractivity contribution < 1.29 is 13.0 Å². The number of hydrogen-bond acceptors (Lipinski definition) is 3. The maximum atomic E-state index is 13.0. The number of alkyl halides is 2. The van der Waals surface area contributed by atoms with Gasteiger partial charge in [0, 0.05) is 25.4 Å². The molecule has 0 spiro atoms. The zero-order chi connectivity index (χ0) is 10.1. The van der Waals surface area contributed by atoms with E-state index in [1.165, 1.54) is 0 Å². The lowest BCUT2D eigenvalue weighted by molar-refractivity contribution is -0.0886. The van der Waals surface area contributed by atoms with Crippen LogP contribution in [-0.4, -0.2) is 36.6 Å². The molecule has 0 aliphatic carbocycles. The SMILES string of the molecule is C[C@H](OS)[C@@H]1CC(F)(F)CCN1C. The number of piperidine rings is 1. The van der Waals surface area contributed by atoms with E-state index in [0.717, 1.165) is 0 Å². The summed E-state index contributed by atoms with van der Waals surface area (Å²) in [6.07, 6.45) is -0.454. The van der Waals surface area contributed by atoms with Crippen LogP contribution < -0.4 is 0 Å². The van der Waals surface area contributed by atoms with E-state index in [2.05, 4.69) is 12.9 Å². The Bertz CT molecular complexity index is 176. The molecule has 0 aromatic carbocycles. The number of hydrogen-bond donors (Lipinski definition) is 1. The van der Waals surface area contributed by atoms with Crippen LogP contribution >= 0.6 is 12.9 Å². The summed E-state index contributed by atoms with van der Waals surface area (Å²) < 4.78 is 30.8. The molecule has 0 saturated carbocycles. The zero-order valence-corrected chi connectivity index (χ0v) is 8.73. The largest absolute Gasteiger partial charge is 0.314 e. The number of rotatable bonds is 2. The quantitative estimate of drug-likeness (QED) is 0.554. The van der Waals surface area contributed by atoms with Crippen molar-refractivity contribution in [3.63, 3.8) is 0 Å². The molecule has 1 aliphatic heterocycles. The molecule has 5 heteroatoms. The molecule has 1 rings (SSSR count). The smallest absolute Gasteiger partial charge is 0.251 e. The van der Waals surface area contributed by atoms with Gasteiger partial charge in [-0.1, -0.05) is 0 Å². The van der Waals surface area contributed by atoms with Gasteiger partial charge < -0.3 is 9.08 Å². The molecule has 78 valence electrons. The van der Waals surface area contributed by atoms with Crippen molar-refractivity contribution in [3.8, 4) is 0 Å². The predicted octanol–water partition coefficient (Wildman–Crippen LogP) is 1.97. The molecule has 2 nitrogen and oxygen atoms in total. The average molecular weight is 211 g/mol. The highest BCUT2D eigenvalue weighted by Gasteiger charge is 2.41. The van der Waals surface area contributed by atoms with Gasteiger partial charge in [0.05, 0.1) is 6.10 Å². The van der Waals surface area contributed by atoms with Gasteiger partial charge in [-0.3, -0.25) is 0 Å². The van der Waals surface area contributed by atoms with E-state index in [1.807, 2.05) is 11.9 Å². The fourth-order valence-corrected chi connectivity index (χ4v) is 1.80. The molecule has 0 aromatic heterocycles. The van der Waals surface area contributed by atoms with Gasteiger partial charge >= 0.3 is 0 Å². The summed E-state index contributed by atoms with van der Waals surface area (Å²) in [5.74, 6) is -2.54. The van der Waals surface area contributed by atoms with E-state index in [0.29, 0.717) is 6.54 Å². The van der Waals surface area contributed by atoms with Gasteiger partial charge in [0.2, 0.25) is 0 Å². The highest BCUT2D eigenvalue weighted by atomic mass is 32.1. The minimum absolute atomic E-state index is 0.0563. The molecule has 0 N–H and O–H groups in total. The molecule has 0 aromatic rings. The Morgan fingerprint density at radius 1 is 1.62 bits per heavy atom. The summed E-state index contributed by atoms with van der Waals surface area (Å²) >= 11 is 3.65. The lowest BCUT2D eigenvalue weighted by atomic mass is 9.96. The molecule has 0 radical (unpaired) electrons. The fraction of sp³-hybridized carbons (Fsp3) is 1.00. The maximum absolute atomic E-state index is 13.0. The van der Waals surface area contributed by atoms with Crippen LogP contribution in [0.25, 0.3) is 0 Å². The Labute approximate surface area is 82.9 Å². The predicted molar refractivity (Wildman–Crippen MR) is 50.1 cm³/mol. The molecule has 1 saturated heterocycles. The summed E-state index contributed by atoms with van der Waals surface area (Å²) in [4.78, 5) is 1.90. The highest BCUT2D eigenvalue weighted by molar-refractivity contribution is 7.75. The third kappa shape index (κ3) is 2.79. The molecular formula is C8H15F2NOS. The summed E-state index contributed by atoms with van der Waals surface area (Å²) in [5, 5.41) is 0. The summed E-state index contributed by atoms with van der Waals surface area (Å²) in [7, 11) is 1.84. The van der Waals surface area contributed by atoms with Crippen molar-refractivity contribution in [2.24, 2.45) is 0 Å². The van der Waals surface area contributed by atoms with E-state index in [1.54, 1.807) is 6.92 Å². The van der Waals surface area contributed by atoms with Crippen molar-refractivity contribution in [3.05, 3.63) is 0 Å². The van der Waals surface area contributed by atoms with Gasteiger partial charge in [0.1, 0.15) is 0 Å². The van der Waals surface area contributed by atoms with Gasteiger partial charge in [0.15, 0.2) is 0 Å². The van der Waals surface area contributed by atoms with Crippen LogP contribution in [0.4, 0.5) is 8.78 Å². The highest BCUT2D eigenvalue weighted by Crippen LogP contribution is 2.32. The first-order valence-corrected chi connectivity index (χ1v) is 4.71. The van der Waals surface area contributed by atoms with Gasteiger partial charge in [-0.2, -0.15) is 0 Å². The van der Waals surface area contributed by atoms with Crippen LogP contribution in [0, 0.1) is 0 Å². The number of nitrogens with zero attached hydrogens (tertiary/aromatic N) is 1. The maximum Gasteiger partial charge on any atom is 0.251 e. The third-order valence-corrected chi connectivity index (χ3v) is 2.94. The van der Waals surface area contributed by atoms with Crippen LogP contribution in [0.5, 0.6) is 0 Å². The van der Waals surface area contributed by atoms with Crippen molar-refractivity contribution >= 4 is 12.9 Å². The summed E-state index contributed by atoms with van der Waals surface area (Å²) in [6, 6.07) is -0.235. The van der Waals surface area contributed by atoms with Crippen LogP contribution in [-0.2, 0) is 4.18 Å². The molecule has 1 fully saturated rings. The Hall–Kier alpha value is 0.130. The zero-order valence-electron chi connectivity index (χ0n) is 7.83. The van der Waals surface area contributed by atoms with Crippen LogP contribution in [0.3, 0.4) is 0 Å². The first-order valence-electron chi connectivity index (χ1n) is 4.34. The van der Waals surface area contributed by atoms with E-state index in [9.17, 15) is 8.78 Å². The summed E-state index contributed by atoms with van der Waals surface area (Å²) in [6.45, 7) is 2.18. The first-order chi connectivity index (χ1) is 5.96. The van der Waals surface area contributed by atoms with E-state index in [-0.39, 0.29) is 25.0 Å². The van der Waals surface area contributed by atoms with Crippen molar-refractivity contribution in [2.45, 2.75) is 37.8 Å². The topological polar surface area (TPSA) is 12.5 Å². The fourth-order valence-electron chi connectivity index (χ4n) is 1.66. The van der Waals surface area contributed by atoms with E-state index >= 15 is 0 Å². The molecular weight excluding hydrogens is 196 g/mol. The normalized spacial score (nSPS) is 31.6. The first kappa shape index (κ1) is 11.2. The lowest BCUT2D eigenvalue weighted by Gasteiger charge is -2.39. The van der Waals surface area contributed by atoms with Gasteiger partial charge in [-0.15, -0.1) is 0 Å². The molecule has 2 atom stereocenters. The number of likely N-dealkylation sites (N-methyl/N-ethyl adjacent to an activating group) is 1. The lowest BCUT2D eigenvalue weighted by Crippen LogP contribution is -2.49. The minimum Gasteiger partial charge on any atom is -0.314 e. The van der Waals surface area contributed by atoms with Gasteiger partial charge in [-0.05, 0) is 26.9 Å². The average Bonchev–Trinajstić information content (AvgIpc) is 2.08. The van der Waals surface area contributed by atoms with Crippen LogP contribution in [0.2, 0.25) is 0 Å². The Kier molecular flexibility index (Phi) is 3.54. The Balaban J connectivity index is 2.60. The van der Waals surface area contributed by atoms with E-state index in [4.69, 9.17) is 4.18 Å².